The summed E-state index contributed by atoms with van der Waals surface area (Å²) < 4.78 is 67.7. The third-order valence-corrected chi connectivity index (χ3v) is 5.92. The lowest BCUT2D eigenvalue weighted by molar-refractivity contribution is -0.0942. The van der Waals surface area contributed by atoms with Gasteiger partial charge in [0.15, 0.2) is 11.6 Å². The normalized spacial score (nSPS) is 16.1. The summed E-state index contributed by atoms with van der Waals surface area (Å²) >= 11 is 0. The van der Waals surface area contributed by atoms with Crippen LogP contribution in [-0.2, 0) is 0 Å². The molecule has 1 aromatic carbocycles. The first-order chi connectivity index (χ1) is 16.0. The zero-order valence-corrected chi connectivity index (χ0v) is 19.5. The predicted octanol–water partition coefficient (Wildman–Crippen LogP) is 7.53. The van der Waals surface area contributed by atoms with E-state index in [1.807, 2.05) is 0 Å². The molecule has 1 heterocycles. The lowest BCUT2D eigenvalue weighted by Gasteiger charge is -2.20. The Morgan fingerprint density at radius 3 is 2.41 bits per heavy atom. The van der Waals surface area contributed by atoms with Crippen LogP contribution in [0.25, 0.3) is 11.3 Å². The molecule has 2 aromatic rings. The average molecular weight is 479 g/mol. The molecular weight excluding hydrogens is 451 g/mol. The number of nitrogens with zero attached hydrogens (tertiary/aromatic N) is 2. The van der Waals surface area contributed by atoms with Crippen molar-refractivity contribution >= 4 is 5.71 Å². The molecule has 34 heavy (non-hydrogen) atoms. The SMILES string of the molecule is CCC(=NC1=C(C)CCC(C(F)(F)F)=C1)c1nc(-c2cc(C)c(F)c(F)c2)ccc1C(O)CC. The van der Waals surface area contributed by atoms with Crippen molar-refractivity contribution < 1.29 is 27.1 Å². The van der Waals surface area contributed by atoms with Gasteiger partial charge in [-0.3, -0.25) is 4.99 Å². The molecule has 1 aliphatic carbocycles. The van der Waals surface area contributed by atoms with E-state index in [4.69, 9.17) is 0 Å². The van der Waals surface area contributed by atoms with E-state index in [0.29, 0.717) is 41.1 Å². The van der Waals surface area contributed by atoms with Crippen LogP contribution in [0.15, 0.2) is 52.2 Å². The summed E-state index contributed by atoms with van der Waals surface area (Å²) in [5.74, 6) is -1.95. The Morgan fingerprint density at radius 2 is 1.82 bits per heavy atom. The van der Waals surface area contributed by atoms with Gasteiger partial charge < -0.3 is 5.11 Å². The quantitative estimate of drug-likeness (QED) is 0.344. The van der Waals surface area contributed by atoms with Crippen LogP contribution in [0.4, 0.5) is 22.0 Å². The largest absolute Gasteiger partial charge is 0.412 e. The van der Waals surface area contributed by atoms with E-state index >= 15 is 0 Å². The van der Waals surface area contributed by atoms with Crippen LogP contribution in [0.3, 0.4) is 0 Å². The molecule has 3 nitrogen and oxygen atoms in total. The van der Waals surface area contributed by atoms with Crippen molar-refractivity contribution in [2.45, 2.75) is 65.7 Å². The Morgan fingerprint density at radius 1 is 1.12 bits per heavy atom. The minimum absolute atomic E-state index is 0.0984. The van der Waals surface area contributed by atoms with Crippen LogP contribution in [0.2, 0.25) is 0 Å². The van der Waals surface area contributed by atoms with Gasteiger partial charge in [0.1, 0.15) is 0 Å². The summed E-state index contributed by atoms with van der Waals surface area (Å²) in [5.41, 5.74) is 2.31. The highest BCUT2D eigenvalue weighted by Gasteiger charge is 2.34. The van der Waals surface area contributed by atoms with Gasteiger partial charge in [-0.25, -0.2) is 13.8 Å². The Kier molecular flexibility index (Phi) is 7.70. The molecule has 0 amide bonds. The second-order valence-electron chi connectivity index (χ2n) is 8.39. The standard InChI is InChI=1S/C26H27F5N2O/c1-5-20(32-22-13-17(26(29,30)31)8-7-14(22)3)25-18(23(34)6-2)9-10-21(33-25)16-11-15(4)24(28)19(27)12-16/h9-13,23,34H,5-8H2,1-4H3. The van der Waals surface area contributed by atoms with Crippen molar-refractivity contribution in [1.29, 1.82) is 0 Å². The number of allylic oxidation sites excluding steroid dienone is 3. The second kappa shape index (κ2) is 10.2. The number of aryl methyl sites for hydroxylation is 1. The van der Waals surface area contributed by atoms with Crippen LogP contribution in [0, 0.1) is 18.6 Å². The van der Waals surface area contributed by atoms with Crippen LogP contribution < -0.4 is 0 Å². The van der Waals surface area contributed by atoms with E-state index in [1.165, 1.54) is 13.0 Å². The number of aliphatic imine (C=N–C) groups is 1. The number of pyridine rings is 1. The van der Waals surface area contributed by atoms with Gasteiger partial charge in [0.25, 0.3) is 0 Å². The Bertz CT molecular complexity index is 1160. The fraction of sp³-hybridized carbons (Fsp3) is 0.385. The number of hydrogen-bond donors (Lipinski definition) is 1. The molecule has 1 aromatic heterocycles. The maximum atomic E-state index is 14.0. The number of halogens is 5. The topological polar surface area (TPSA) is 45.5 Å². The zero-order valence-electron chi connectivity index (χ0n) is 19.5. The molecular formula is C26H27F5N2O. The number of hydrogen-bond acceptors (Lipinski definition) is 3. The first-order valence-corrected chi connectivity index (χ1v) is 11.2. The summed E-state index contributed by atoms with van der Waals surface area (Å²) in [6.07, 6.45) is -3.38. The van der Waals surface area contributed by atoms with E-state index < -0.39 is 29.5 Å². The number of aliphatic hydroxyl groups excluding tert-OH is 1. The van der Waals surface area contributed by atoms with Gasteiger partial charge in [0, 0.05) is 16.7 Å². The van der Waals surface area contributed by atoms with Crippen molar-refractivity contribution in [3.05, 3.63) is 75.6 Å². The van der Waals surface area contributed by atoms with Crippen LogP contribution >= 0.6 is 0 Å². The van der Waals surface area contributed by atoms with Crippen molar-refractivity contribution in [3.63, 3.8) is 0 Å². The molecule has 0 saturated heterocycles. The molecule has 0 aliphatic heterocycles. The van der Waals surface area contributed by atoms with E-state index in [0.717, 1.165) is 17.7 Å². The van der Waals surface area contributed by atoms with Crippen LogP contribution in [-0.4, -0.2) is 22.0 Å². The fourth-order valence-corrected chi connectivity index (χ4v) is 3.83. The van der Waals surface area contributed by atoms with Crippen molar-refractivity contribution in [3.8, 4) is 11.3 Å². The second-order valence-corrected chi connectivity index (χ2v) is 8.39. The number of rotatable bonds is 6. The monoisotopic (exact) mass is 478 g/mol. The number of benzene rings is 1. The maximum absolute atomic E-state index is 14.0. The minimum atomic E-state index is -4.43. The third-order valence-electron chi connectivity index (χ3n) is 5.92. The van der Waals surface area contributed by atoms with Gasteiger partial charge in [0.05, 0.1) is 28.9 Å². The molecule has 0 saturated carbocycles. The highest BCUT2D eigenvalue weighted by Crippen LogP contribution is 2.36. The molecule has 0 spiro atoms. The number of aliphatic hydroxyl groups is 1. The summed E-state index contributed by atoms with van der Waals surface area (Å²) in [6, 6.07) is 5.76. The highest BCUT2D eigenvalue weighted by atomic mass is 19.4. The molecule has 1 unspecified atom stereocenters. The molecule has 3 rings (SSSR count). The van der Waals surface area contributed by atoms with Gasteiger partial charge in [-0.05, 0) is 74.9 Å². The Labute approximate surface area is 195 Å². The Balaban J connectivity index is 2.18. The zero-order chi connectivity index (χ0) is 25.2. The van der Waals surface area contributed by atoms with Crippen LogP contribution in [0.5, 0.6) is 0 Å². The molecule has 182 valence electrons. The van der Waals surface area contributed by atoms with Gasteiger partial charge in [-0.1, -0.05) is 19.9 Å². The van der Waals surface area contributed by atoms with Gasteiger partial charge in [-0.2, -0.15) is 13.2 Å². The molecule has 1 N–H and O–H groups in total. The molecule has 1 aliphatic rings. The van der Waals surface area contributed by atoms with Gasteiger partial charge in [0.2, 0.25) is 0 Å². The van der Waals surface area contributed by atoms with E-state index in [1.54, 1.807) is 32.9 Å². The first-order valence-electron chi connectivity index (χ1n) is 11.2. The number of alkyl halides is 3. The van der Waals surface area contributed by atoms with Gasteiger partial charge >= 0.3 is 6.18 Å². The Hall–Kier alpha value is -2.87. The first kappa shape index (κ1) is 25.7. The molecule has 0 radical (unpaired) electrons. The van der Waals surface area contributed by atoms with E-state index in [2.05, 4.69) is 9.98 Å². The smallest absolute Gasteiger partial charge is 0.388 e. The summed E-state index contributed by atoms with van der Waals surface area (Å²) in [7, 11) is 0. The number of aromatic nitrogens is 1. The summed E-state index contributed by atoms with van der Waals surface area (Å²) in [6.45, 7) is 6.77. The molecule has 8 heteroatoms. The molecule has 0 bridgehead atoms. The fourth-order valence-electron chi connectivity index (χ4n) is 3.83. The lowest BCUT2D eigenvalue weighted by Crippen LogP contribution is -2.16. The van der Waals surface area contributed by atoms with E-state index in [9.17, 15) is 27.1 Å². The van der Waals surface area contributed by atoms with Gasteiger partial charge in [-0.15, -0.1) is 0 Å². The highest BCUT2D eigenvalue weighted by molar-refractivity contribution is 6.01. The van der Waals surface area contributed by atoms with Crippen molar-refractivity contribution in [2.24, 2.45) is 4.99 Å². The van der Waals surface area contributed by atoms with Crippen molar-refractivity contribution in [1.82, 2.24) is 4.98 Å². The summed E-state index contributed by atoms with van der Waals surface area (Å²) in [5, 5.41) is 10.6. The maximum Gasteiger partial charge on any atom is 0.412 e. The molecule has 1 atom stereocenters. The summed E-state index contributed by atoms with van der Waals surface area (Å²) in [4.78, 5) is 9.15. The van der Waals surface area contributed by atoms with Crippen LogP contribution in [0.1, 0.15) is 69.4 Å². The predicted molar refractivity (Wildman–Crippen MR) is 122 cm³/mol. The average Bonchev–Trinajstić information content (AvgIpc) is 2.80. The lowest BCUT2D eigenvalue weighted by atomic mass is 9.96. The minimum Gasteiger partial charge on any atom is -0.388 e. The van der Waals surface area contributed by atoms with Crippen molar-refractivity contribution in [2.75, 3.05) is 0 Å². The third kappa shape index (κ3) is 5.43. The van der Waals surface area contributed by atoms with E-state index in [-0.39, 0.29) is 24.1 Å². The molecule has 0 fully saturated rings.